The summed E-state index contributed by atoms with van der Waals surface area (Å²) >= 11 is 0. The summed E-state index contributed by atoms with van der Waals surface area (Å²) in [5, 5.41) is 3.22. The maximum absolute atomic E-state index is 11.2. The van der Waals surface area contributed by atoms with E-state index in [2.05, 4.69) is 12.2 Å². The van der Waals surface area contributed by atoms with Crippen LogP contribution >= 0.6 is 0 Å². The third kappa shape index (κ3) is 1.93. The van der Waals surface area contributed by atoms with Crippen molar-refractivity contribution in [2.45, 2.75) is 32.9 Å². The van der Waals surface area contributed by atoms with Crippen LogP contribution in [-0.4, -0.2) is 30.1 Å². The number of carbonyl (C=O) groups excluding carboxylic acids is 1. The van der Waals surface area contributed by atoms with E-state index in [1.807, 2.05) is 11.8 Å². The number of nitrogens with one attached hydrogen (secondary N) is 1. The Labute approximate surface area is 67.8 Å². The smallest absolute Gasteiger partial charge is 0.223 e. The monoisotopic (exact) mass is 156 g/mol. The van der Waals surface area contributed by atoms with Gasteiger partial charge in [0.25, 0.3) is 0 Å². The Kier molecular flexibility index (Phi) is 2.88. The molecule has 0 aliphatic carbocycles. The minimum Gasteiger partial charge on any atom is -0.327 e. The van der Waals surface area contributed by atoms with Crippen LogP contribution in [0.25, 0.3) is 0 Å². The molecule has 0 saturated carbocycles. The summed E-state index contributed by atoms with van der Waals surface area (Å²) in [5.41, 5.74) is 0. The van der Waals surface area contributed by atoms with Crippen molar-refractivity contribution in [3.63, 3.8) is 0 Å². The number of nitrogens with zero attached hydrogens (tertiary/aromatic N) is 1. The van der Waals surface area contributed by atoms with Gasteiger partial charge in [-0.25, -0.2) is 0 Å². The number of likely N-dealkylation sites (tertiary alicyclic amines) is 1. The highest BCUT2D eigenvalue weighted by atomic mass is 16.2. The highest BCUT2D eigenvalue weighted by Crippen LogP contribution is 2.11. The summed E-state index contributed by atoms with van der Waals surface area (Å²) in [6.07, 6.45) is 1.97. The van der Waals surface area contributed by atoms with E-state index in [-0.39, 0.29) is 6.17 Å². The molecule has 1 rings (SSSR count). The summed E-state index contributed by atoms with van der Waals surface area (Å²) in [4.78, 5) is 13.1. The fourth-order valence-electron chi connectivity index (χ4n) is 1.48. The lowest BCUT2D eigenvalue weighted by atomic mass is 10.4. The maximum atomic E-state index is 11.2. The van der Waals surface area contributed by atoms with Crippen molar-refractivity contribution in [2.24, 2.45) is 0 Å². The standard InChI is InChI=1S/C8H16N2O/c1-3-9-7(2)10-6-4-5-8(10)11/h7,9H,3-6H2,1-2H3. The molecule has 1 unspecified atom stereocenters. The van der Waals surface area contributed by atoms with E-state index in [9.17, 15) is 4.79 Å². The van der Waals surface area contributed by atoms with E-state index in [0.717, 1.165) is 25.9 Å². The Morgan fingerprint density at radius 2 is 2.45 bits per heavy atom. The molecule has 3 nitrogen and oxygen atoms in total. The lowest BCUT2D eigenvalue weighted by molar-refractivity contribution is -0.129. The minimum atomic E-state index is 0.218. The van der Waals surface area contributed by atoms with Crippen molar-refractivity contribution in [1.29, 1.82) is 0 Å². The zero-order chi connectivity index (χ0) is 8.27. The molecule has 1 saturated heterocycles. The van der Waals surface area contributed by atoms with Gasteiger partial charge >= 0.3 is 0 Å². The van der Waals surface area contributed by atoms with Crippen molar-refractivity contribution < 1.29 is 4.79 Å². The Morgan fingerprint density at radius 3 is 2.91 bits per heavy atom. The van der Waals surface area contributed by atoms with Crippen molar-refractivity contribution in [1.82, 2.24) is 10.2 Å². The fourth-order valence-corrected chi connectivity index (χ4v) is 1.48. The van der Waals surface area contributed by atoms with Crippen LogP contribution in [0.2, 0.25) is 0 Å². The van der Waals surface area contributed by atoms with E-state index in [0.29, 0.717) is 5.91 Å². The van der Waals surface area contributed by atoms with Crippen LogP contribution in [-0.2, 0) is 4.79 Å². The van der Waals surface area contributed by atoms with Crippen molar-refractivity contribution in [3.8, 4) is 0 Å². The van der Waals surface area contributed by atoms with Gasteiger partial charge in [0.05, 0.1) is 6.17 Å². The Bertz CT molecular complexity index is 147. The van der Waals surface area contributed by atoms with Crippen LogP contribution in [0.15, 0.2) is 0 Å². The van der Waals surface area contributed by atoms with Gasteiger partial charge in [-0.2, -0.15) is 0 Å². The zero-order valence-corrected chi connectivity index (χ0v) is 7.26. The first-order valence-corrected chi connectivity index (χ1v) is 4.28. The van der Waals surface area contributed by atoms with Crippen molar-refractivity contribution in [2.75, 3.05) is 13.1 Å². The molecule has 1 atom stereocenters. The molecule has 0 spiro atoms. The van der Waals surface area contributed by atoms with Gasteiger partial charge in [-0.1, -0.05) is 6.92 Å². The van der Waals surface area contributed by atoms with Crippen LogP contribution in [0.1, 0.15) is 26.7 Å². The SMILES string of the molecule is CCNC(C)N1CCCC1=O. The van der Waals surface area contributed by atoms with Gasteiger partial charge in [-0.3, -0.25) is 10.1 Å². The fraction of sp³-hybridized carbons (Fsp3) is 0.875. The number of hydrogen-bond donors (Lipinski definition) is 1. The molecule has 0 radical (unpaired) electrons. The summed E-state index contributed by atoms with van der Waals surface area (Å²) < 4.78 is 0. The Balaban J connectivity index is 2.39. The molecule has 1 N–H and O–H groups in total. The molecule has 1 heterocycles. The molecule has 0 aromatic rings. The van der Waals surface area contributed by atoms with Gasteiger partial charge in [-0.15, -0.1) is 0 Å². The summed E-state index contributed by atoms with van der Waals surface area (Å²) in [5.74, 6) is 0.290. The van der Waals surface area contributed by atoms with Gasteiger partial charge in [0, 0.05) is 13.0 Å². The number of carbonyl (C=O) groups is 1. The highest BCUT2D eigenvalue weighted by molar-refractivity contribution is 5.78. The number of rotatable bonds is 3. The largest absolute Gasteiger partial charge is 0.327 e. The van der Waals surface area contributed by atoms with Crippen LogP contribution in [0, 0.1) is 0 Å². The van der Waals surface area contributed by atoms with Gasteiger partial charge in [0.1, 0.15) is 0 Å². The van der Waals surface area contributed by atoms with Crippen molar-refractivity contribution in [3.05, 3.63) is 0 Å². The Morgan fingerprint density at radius 1 is 1.73 bits per heavy atom. The van der Waals surface area contributed by atoms with E-state index < -0.39 is 0 Å². The zero-order valence-electron chi connectivity index (χ0n) is 7.26. The van der Waals surface area contributed by atoms with E-state index in [1.165, 1.54) is 0 Å². The summed E-state index contributed by atoms with van der Waals surface area (Å²) in [6.45, 7) is 5.93. The first kappa shape index (κ1) is 8.53. The van der Waals surface area contributed by atoms with Crippen LogP contribution in [0.3, 0.4) is 0 Å². The van der Waals surface area contributed by atoms with Crippen LogP contribution in [0.5, 0.6) is 0 Å². The lowest BCUT2D eigenvalue weighted by Crippen LogP contribution is -2.43. The molecule has 1 fully saturated rings. The number of amides is 1. The summed E-state index contributed by atoms with van der Waals surface area (Å²) in [7, 11) is 0. The maximum Gasteiger partial charge on any atom is 0.223 e. The molecule has 1 aliphatic rings. The van der Waals surface area contributed by atoms with Gasteiger partial charge in [-0.05, 0) is 19.9 Å². The second-order valence-electron chi connectivity index (χ2n) is 2.92. The molecule has 11 heavy (non-hydrogen) atoms. The van der Waals surface area contributed by atoms with Gasteiger partial charge < -0.3 is 4.90 Å². The molecule has 3 heteroatoms. The third-order valence-electron chi connectivity index (χ3n) is 2.08. The molecule has 0 bridgehead atoms. The van der Waals surface area contributed by atoms with Crippen molar-refractivity contribution >= 4 is 5.91 Å². The highest BCUT2D eigenvalue weighted by Gasteiger charge is 2.23. The first-order chi connectivity index (χ1) is 5.25. The molecule has 64 valence electrons. The molecule has 0 aromatic carbocycles. The van der Waals surface area contributed by atoms with Gasteiger partial charge in [0.2, 0.25) is 5.91 Å². The normalized spacial score (nSPS) is 20.9. The number of hydrogen-bond acceptors (Lipinski definition) is 2. The van der Waals surface area contributed by atoms with Gasteiger partial charge in [0.15, 0.2) is 0 Å². The van der Waals surface area contributed by atoms with Crippen LogP contribution < -0.4 is 5.32 Å². The quantitative estimate of drug-likeness (QED) is 0.647. The third-order valence-corrected chi connectivity index (χ3v) is 2.08. The van der Waals surface area contributed by atoms with Crippen LogP contribution in [0.4, 0.5) is 0 Å². The van der Waals surface area contributed by atoms with E-state index in [4.69, 9.17) is 0 Å². The molecule has 0 aromatic heterocycles. The second kappa shape index (κ2) is 3.72. The average Bonchev–Trinajstić information content (AvgIpc) is 2.36. The molecular weight excluding hydrogens is 140 g/mol. The molecule has 1 aliphatic heterocycles. The molecule has 1 amide bonds. The van der Waals surface area contributed by atoms with E-state index >= 15 is 0 Å². The Hall–Kier alpha value is -0.570. The first-order valence-electron chi connectivity index (χ1n) is 4.28. The van der Waals surface area contributed by atoms with E-state index in [1.54, 1.807) is 0 Å². The second-order valence-corrected chi connectivity index (χ2v) is 2.92. The minimum absolute atomic E-state index is 0.218. The lowest BCUT2D eigenvalue weighted by Gasteiger charge is -2.24. The summed E-state index contributed by atoms with van der Waals surface area (Å²) in [6, 6.07) is 0. The predicted octanol–water partition coefficient (Wildman–Crippen LogP) is 0.564. The average molecular weight is 156 g/mol. The molecular formula is C8H16N2O. The topological polar surface area (TPSA) is 32.3 Å². The predicted molar refractivity (Wildman–Crippen MR) is 44.1 cm³/mol.